The fourth-order valence-corrected chi connectivity index (χ4v) is 4.10. The summed E-state index contributed by atoms with van der Waals surface area (Å²) in [5, 5.41) is 9.11. The van der Waals surface area contributed by atoms with E-state index in [0.29, 0.717) is 12.3 Å². The highest BCUT2D eigenvalue weighted by Crippen LogP contribution is 2.38. The third kappa shape index (κ3) is 4.23. The third-order valence-corrected chi connectivity index (χ3v) is 5.36. The Kier molecular flexibility index (Phi) is 5.43. The number of hydrogen-bond donors (Lipinski definition) is 1. The average Bonchev–Trinajstić information content (AvgIpc) is 2.93. The highest BCUT2D eigenvalue weighted by Gasteiger charge is 2.32. The van der Waals surface area contributed by atoms with Gasteiger partial charge in [-0.3, -0.25) is 9.59 Å². The van der Waals surface area contributed by atoms with E-state index in [4.69, 9.17) is 5.11 Å². The van der Waals surface area contributed by atoms with Gasteiger partial charge in [0.05, 0.1) is 12.2 Å². The number of aryl methyl sites for hydroxylation is 1. The molecule has 0 aliphatic carbocycles. The molecule has 130 valence electrons. The lowest BCUT2D eigenvalue weighted by molar-refractivity contribution is -0.137. The molecule has 2 aromatic rings. The first kappa shape index (κ1) is 17.5. The molecule has 0 aromatic heterocycles. The van der Waals surface area contributed by atoms with E-state index in [9.17, 15) is 9.59 Å². The van der Waals surface area contributed by atoms with Crippen molar-refractivity contribution < 1.29 is 14.7 Å². The number of benzene rings is 2. The Labute approximate surface area is 151 Å². The summed E-state index contributed by atoms with van der Waals surface area (Å²) < 4.78 is 0. The van der Waals surface area contributed by atoms with Crippen LogP contribution in [-0.4, -0.2) is 29.3 Å². The molecule has 0 bridgehead atoms. The van der Waals surface area contributed by atoms with Crippen LogP contribution in [0.5, 0.6) is 0 Å². The molecular weight excluding hydrogens is 334 g/mol. The van der Waals surface area contributed by atoms with Crippen LogP contribution in [0.3, 0.4) is 0 Å². The number of para-hydroxylation sites is 1. The third-order valence-electron chi connectivity index (χ3n) is 4.37. The normalized spacial score (nSPS) is 15.9. The summed E-state index contributed by atoms with van der Waals surface area (Å²) in [4.78, 5) is 25.5. The fraction of sp³-hybridized carbons (Fsp3) is 0.300. The topological polar surface area (TPSA) is 57.6 Å². The van der Waals surface area contributed by atoms with E-state index in [-0.39, 0.29) is 18.2 Å². The molecule has 1 heterocycles. The lowest BCUT2D eigenvalue weighted by Gasteiger charge is -2.17. The molecular formula is C20H21NO3S. The number of carbonyl (C=O) groups excluding carboxylic acids is 1. The van der Waals surface area contributed by atoms with Crippen LogP contribution in [0.4, 0.5) is 5.69 Å². The fourth-order valence-electron chi connectivity index (χ4n) is 3.25. The lowest BCUT2D eigenvalue weighted by atomic mass is 9.98. The van der Waals surface area contributed by atoms with Crippen molar-refractivity contribution in [2.24, 2.45) is 0 Å². The molecule has 1 atom stereocenters. The predicted molar refractivity (Wildman–Crippen MR) is 101 cm³/mol. The van der Waals surface area contributed by atoms with Crippen LogP contribution >= 0.6 is 11.8 Å². The highest BCUT2D eigenvalue weighted by atomic mass is 32.2. The molecule has 2 aromatic carbocycles. The van der Waals surface area contributed by atoms with E-state index in [2.05, 4.69) is 25.1 Å². The van der Waals surface area contributed by atoms with Gasteiger partial charge in [0, 0.05) is 23.9 Å². The van der Waals surface area contributed by atoms with Crippen molar-refractivity contribution in [1.29, 1.82) is 0 Å². The summed E-state index contributed by atoms with van der Waals surface area (Å²) in [6.07, 6.45) is 0.0528. The average molecular weight is 355 g/mol. The number of carboxylic acid groups (broad SMARTS) is 1. The largest absolute Gasteiger partial charge is 0.481 e. The first-order chi connectivity index (χ1) is 12.0. The van der Waals surface area contributed by atoms with E-state index in [1.165, 1.54) is 11.1 Å². The second-order valence-corrected chi connectivity index (χ2v) is 7.33. The van der Waals surface area contributed by atoms with Crippen LogP contribution in [0.25, 0.3) is 0 Å². The summed E-state index contributed by atoms with van der Waals surface area (Å²) in [5.41, 5.74) is 4.25. The van der Waals surface area contributed by atoms with E-state index < -0.39 is 5.97 Å². The zero-order chi connectivity index (χ0) is 17.8. The van der Waals surface area contributed by atoms with E-state index >= 15 is 0 Å². The molecule has 25 heavy (non-hydrogen) atoms. The van der Waals surface area contributed by atoms with Gasteiger partial charge in [-0.1, -0.05) is 48.0 Å². The van der Waals surface area contributed by atoms with E-state index in [0.717, 1.165) is 17.0 Å². The molecule has 1 amide bonds. The quantitative estimate of drug-likeness (QED) is 0.855. The summed E-state index contributed by atoms with van der Waals surface area (Å²) in [7, 11) is 0. The van der Waals surface area contributed by atoms with Crippen LogP contribution < -0.4 is 4.90 Å². The van der Waals surface area contributed by atoms with Gasteiger partial charge in [-0.15, -0.1) is 11.8 Å². The SMILES string of the molecule is Cc1cccc(CSCC(=O)N2CC(CC(=O)O)c3ccccc32)c1. The van der Waals surface area contributed by atoms with Gasteiger partial charge in [0.25, 0.3) is 0 Å². The number of hydrogen-bond acceptors (Lipinski definition) is 3. The molecule has 1 unspecified atom stereocenters. The minimum absolute atomic E-state index is 0.0398. The predicted octanol–water partition coefficient (Wildman–Crippen LogP) is 3.83. The monoisotopic (exact) mass is 355 g/mol. The molecule has 1 aliphatic rings. The van der Waals surface area contributed by atoms with Crippen molar-refractivity contribution in [3.05, 3.63) is 65.2 Å². The number of anilines is 1. The smallest absolute Gasteiger partial charge is 0.304 e. The molecule has 1 aliphatic heterocycles. The van der Waals surface area contributed by atoms with E-state index in [1.807, 2.05) is 30.3 Å². The van der Waals surface area contributed by atoms with Gasteiger partial charge in [-0.25, -0.2) is 0 Å². The zero-order valence-corrected chi connectivity index (χ0v) is 15.0. The van der Waals surface area contributed by atoms with Gasteiger partial charge in [-0.05, 0) is 24.1 Å². The maximum Gasteiger partial charge on any atom is 0.304 e. The Morgan fingerprint density at radius 3 is 2.76 bits per heavy atom. The molecule has 1 N–H and O–H groups in total. The first-order valence-electron chi connectivity index (χ1n) is 8.29. The van der Waals surface area contributed by atoms with Gasteiger partial charge in [-0.2, -0.15) is 0 Å². The minimum atomic E-state index is -0.831. The van der Waals surface area contributed by atoms with Crippen LogP contribution in [0.15, 0.2) is 48.5 Å². The van der Waals surface area contributed by atoms with Gasteiger partial charge >= 0.3 is 5.97 Å². The Bertz CT molecular complexity index is 790. The molecule has 4 nitrogen and oxygen atoms in total. The Morgan fingerprint density at radius 1 is 1.20 bits per heavy atom. The molecule has 0 saturated heterocycles. The number of carboxylic acids is 1. The zero-order valence-electron chi connectivity index (χ0n) is 14.1. The second-order valence-electron chi connectivity index (χ2n) is 6.34. The molecule has 0 radical (unpaired) electrons. The number of carbonyl (C=O) groups is 2. The molecule has 5 heteroatoms. The maximum atomic E-state index is 12.7. The Balaban J connectivity index is 1.63. The van der Waals surface area contributed by atoms with Gasteiger partial charge in [0.2, 0.25) is 5.91 Å². The van der Waals surface area contributed by atoms with Crippen LogP contribution in [0.2, 0.25) is 0 Å². The van der Waals surface area contributed by atoms with Crippen LogP contribution in [-0.2, 0) is 15.3 Å². The summed E-state index contributed by atoms with van der Waals surface area (Å²) in [6, 6.07) is 15.9. The minimum Gasteiger partial charge on any atom is -0.481 e. The summed E-state index contributed by atoms with van der Waals surface area (Å²) in [6.45, 7) is 2.51. The number of fused-ring (bicyclic) bond motifs is 1. The molecule has 0 fully saturated rings. The molecule has 0 saturated carbocycles. The number of rotatable bonds is 6. The van der Waals surface area contributed by atoms with Crippen molar-refractivity contribution in [3.8, 4) is 0 Å². The maximum absolute atomic E-state index is 12.7. The number of amides is 1. The Morgan fingerprint density at radius 2 is 2.00 bits per heavy atom. The number of nitrogens with zero attached hydrogens (tertiary/aromatic N) is 1. The number of thioether (sulfide) groups is 1. The van der Waals surface area contributed by atoms with Crippen molar-refractivity contribution in [1.82, 2.24) is 0 Å². The standard InChI is InChI=1S/C20H21NO3S/c1-14-5-4-6-15(9-14)12-25-13-19(22)21-11-16(10-20(23)24)17-7-2-3-8-18(17)21/h2-9,16H,10-13H2,1H3,(H,23,24). The van der Waals surface area contributed by atoms with Crippen molar-refractivity contribution in [2.75, 3.05) is 17.2 Å². The first-order valence-corrected chi connectivity index (χ1v) is 9.44. The lowest BCUT2D eigenvalue weighted by Crippen LogP contribution is -2.31. The van der Waals surface area contributed by atoms with Crippen LogP contribution in [0, 0.1) is 6.92 Å². The second kappa shape index (κ2) is 7.74. The van der Waals surface area contributed by atoms with Crippen LogP contribution in [0.1, 0.15) is 29.0 Å². The van der Waals surface area contributed by atoms with Gasteiger partial charge in [0.1, 0.15) is 0 Å². The van der Waals surface area contributed by atoms with Crippen molar-refractivity contribution >= 4 is 29.3 Å². The summed E-state index contributed by atoms with van der Waals surface area (Å²) >= 11 is 1.59. The van der Waals surface area contributed by atoms with Crippen molar-refractivity contribution in [2.45, 2.75) is 25.0 Å². The summed E-state index contributed by atoms with van der Waals surface area (Å²) in [5.74, 6) is 0.268. The van der Waals surface area contributed by atoms with E-state index in [1.54, 1.807) is 16.7 Å². The van der Waals surface area contributed by atoms with Gasteiger partial charge < -0.3 is 10.0 Å². The van der Waals surface area contributed by atoms with Gasteiger partial charge in [0.15, 0.2) is 0 Å². The molecule has 0 spiro atoms. The Hall–Kier alpha value is -2.27. The highest BCUT2D eigenvalue weighted by molar-refractivity contribution is 7.99. The van der Waals surface area contributed by atoms with Crippen molar-refractivity contribution in [3.63, 3.8) is 0 Å². The number of aliphatic carboxylic acids is 1. The molecule has 3 rings (SSSR count).